The summed E-state index contributed by atoms with van der Waals surface area (Å²) in [7, 11) is 0. The van der Waals surface area contributed by atoms with Crippen molar-refractivity contribution in [3.63, 3.8) is 0 Å². The van der Waals surface area contributed by atoms with Crippen molar-refractivity contribution in [2.45, 2.75) is 58.4 Å². The second-order valence-electron chi connectivity index (χ2n) is 11.5. The predicted molar refractivity (Wildman–Crippen MR) is 150 cm³/mol. The Kier molecular flexibility index (Phi) is 8.14. The summed E-state index contributed by atoms with van der Waals surface area (Å²) in [5.74, 6) is -0.0776. The van der Waals surface area contributed by atoms with Crippen LogP contribution in [0.4, 0.5) is 18.9 Å². The number of amidine groups is 1. The smallest absolute Gasteiger partial charge is 0.481 e. The zero-order valence-electron chi connectivity index (χ0n) is 23.4. The van der Waals surface area contributed by atoms with Crippen molar-refractivity contribution in [1.29, 1.82) is 0 Å². The number of benzene rings is 2. The number of nitrogens with one attached hydrogen (secondary N) is 2. The van der Waals surface area contributed by atoms with Crippen LogP contribution < -0.4 is 19.9 Å². The van der Waals surface area contributed by atoms with Gasteiger partial charge in [-0.15, -0.1) is 13.2 Å². The molecule has 1 fully saturated rings. The molecule has 5 rings (SSSR count). The molecule has 8 nitrogen and oxygen atoms in total. The Labute approximate surface area is 242 Å². The van der Waals surface area contributed by atoms with E-state index in [2.05, 4.69) is 44.2 Å². The zero-order chi connectivity index (χ0) is 30.1. The van der Waals surface area contributed by atoms with Gasteiger partial charge in [-0.1, -0.05) is 24.3 Å². The van der Waals surface area contributed by atoms with Gasteiger partial charge in [-0.05, 0) is 86.8 Å². The highest BCUT2D eigenvalue weighted by Crippen LogP contribution is 2.43. The van der Waals surface area contributed by atoms with E-state index in [0.717, 1.165) is 42.1 Å². The molecule has 2 aromatic carbocycles. The van der Waals surface area contributed by atoms with E-state index in [1.807, 2.05) is 26.1 Å². The summed E-state index contributed by atoms with van der Waals surface area (Å²) in [6, 6.07) is 13.8. The van der Waals surface area contributed by atoms with Crippen molar-refractivity contribution in [2.75, 3.05) is 11.6 Å². The fourth-order valence-electron chi connectivity index (χ4n) is 5.78. The number of halogens is 3. The average molecular weight is 584 g/mol. The molecule has 1 saturated carbocycles. The Morgan fingerprint density at radius 2 is 1.71 bits per heavy atom. The number of carbonyl (C=O) groups is 2. The maximum absolute atomic E-state index is 12.7. The van der Waals surface area contributed by atoms with Crippen LogP contribution in [0, 0.1) is 11.3 Å². The van der Waals surface area contributed by atoms with Gasteiger partial charge in [0, 0.05) is 24.5 Å². The monoisotopic (exact) mass is 583 g/mol. The van der Waals surface area contributed by atoms with E-state index in [4.69, 9.17) is 0 Å². The molecule has 2 aliphatic heterocycles. The number of carbonyl (C=O) groups excluding carboxylic acids is 1. The number of rotatable bonds is 8. The summed E-state index contributed by atoms with van der Waals surface area (Å²) < 4.78 is 40.9. The summed E-state index contributed by atoms with van der Waals surface area (Å²) >= 11 is 0. The van der Waals surface area contributed by atoms with Crippen LogP contribution in [0.25, 0.3) is 0 Å². The van der Waals surface area contributed by atoms with E-state index in [1.165, 1.54) is 29.8 Å². The van der Waals surface area contributed by atoms with Crippen molar-refractivity contribution in [3.8, 4) is 5.75 Å². The predicted octanol–water partition coefficient (Wildman–Crippen LogP) is 4.72. The highest BCUT2D eigenvalue weighted by Gasteiger charge is 2.39. The third kappa shape index (κ3) is 6.67. The molecule has 42 heavy (non-hydrogen) atoms. The lowest BCUT2D eigenvalue weighted by Crippen LogP contribution is -3.11. The van der Waals surface area contributed by atoms with Gasteiger partial charge in [-0.25, -0.2) is 4.90 Å². The molecule has 0 radical (unpaired) electrons. The van der Waals surface area contributed by atoms with Crippen LogP contribution in [-0.2, 0) is 16.1 Å². The first-order valence-electron chi connectivity index (χ1n) is 14.0. The molecule has 11 heteroatoms. The normalized spacial score (nSPS) is 22.2. The molecule has 0 bridgehead atoms. The SMILES string of the molecule is CC(C)(C(=O)O)C1CCC(c2ccc(N3C=CC4=NC(C(=O)NCc5ccc(OC(F)(F)F)cc5)=C[NH+]4C3)cc2)CC1. The lowest BCUT2D eigenvalue weighted by molar-refractivity contribution is -0.742. The Morgan fingerprint density at radius 1 is 1.05 bits per heavy atom. The minimum Gasteiger partial charge on any atom is -0.481 e. The van der Waals surface area contributed by atoms with Crippen molar-refractivity contribution in [2.24, 2.45) is 16.3 Å². The lowest BCUT2D eigenvalue weighted by atomic mass is 9.68. The summed E-state index contributed by atoms with van der Waals surface area (Å²) in [4.78, 5) is 31.8. The molecule has 0 saturated heterocycles. The zero-order valence-corrected chi connectivity index (χ0v) is 23.4. The van der Waals surface area contributed by atoms with Gasteiger partial charge in [0.15, 0.2) is 12.4 Å². The van der Waals surface area contributed by atoms with Crippen LogP contribution in [0.1, 0.15) is 56.6 Å². The van der Waals surface area contributed by atoms with E-state index in [1.54, 1.807) is 6.20 Å². The van der Waals surface area contributed by atoms with Gasteiger partial charge in [0.2, 0.25) is 5.84 Å². The fraction of sp³-hybridized carbons (Fsp3) is 0.387. The van der Waals surface area contributed by atoms with E-state index >= 15 is 0 Å². The third-order valence-electron chi connectivity index (χ3n) is 8.47. The van der Waals surface area contributed by atoms with Gasteiger partial charge in [-0.2, -0.15) is 4.99 Å². The quantitative estimate of drug-likeness (QED) is 0.418. The van der Waals surface area contributed by atoms with Gasteiger partial charge >= 0.3 is 12.3 Å². The molecule has 1 atom stereocenters. The number of carboxylic acid groups (broad SMARTS) is 1. The molecule has 2 heterocycles. The van der Waals surface area contributed by atoms with Crippen LogP contribution in [0.3, 0.4) is 0 Å². The number of nitrogens with zero attached hydrogens (tertiary/aromatic N) is 2. The molecule has 3 N–H and O–H groups in total. The average Bonchev–Trinajstić information content (AvgIpc) is 3.40. The number of hydrogen-bond acceptors (Lipinski definition) is 5. The number of fused-ring (bicyclic) bond motifs is 1. The maximum atomic E-state index is 12.7. The second kappa shape index (κ2) is 11.6. The van der Waals surface area contributed by atoms with Gasteiger partial charge in [0.05, 0.1) is 5.41 Å². The molecule has 1 unspecified atom stereocenters. The highest BCUT2D eigenvalue weighted by atomic mass is 19.4. The summed E-state index contributed by atoms with van der Waals surface area (Å²) in [6.07, 6.45) is 4.59. The van der Waals surface area contributed by atoms with Gasteiger partial charge in [0.1, 0.15) is 11.9 Å². The minimum absolute atomic E-state index is 0.135. The third-order valence-corrected chi connectivity index (χ3v) is 8.47. The van der Waals surface area contributed by atoms with Crippen LogP contribution in [0.2, 0.25) is 0 Å². The first-order chi connectivity index (χ1) is 19.9. The number of anilines is 1. The number of ether oxygens (including phenoxy) is 1. The Bertz CT molecular complexity index is 1410. The first-order valence-corrected chi connectivity index (χ1v) is 14.0. The standard InChI is InChI=1S/C31H33F3N4O4/c1-30(2,29(40)41)23-9-5-21(6-10-23)22-7-11-24(12-8-22)37-16-15-27-36-26(18-38(27)19-37)28(39)35-17-20-3-13-25(14-4-20)42-31(32,33)34/h3-4,7-8,11-16,18,21,23H,5-6,9-10,17,19H2,1-2H3,(H,35,39)(H,40,41)/p+1. The van der Waals surface area contributed by atoms with Crippen LogP contribution in [0.5, 0.6) is 5.75 Å². The molecule has 3 aliphatic rings. The minimum atomic E-state index is -4.76. The molecule has 0 spiro atoms. The van der Waals surface area contributed by atoms with Crippen LogP contribution in [-0.4, -0.2) is 35.8 Å². The first kappa shape index (κ1) is 29.4. The Hall–Kier alpha value is -4.12. The van der Waals surface area contributed by atoms with E-state index in [9.17, 15) is 27.9 Å². The van der Waals surface area contributed by atoms with Gasteiger partial charge in [-0.3, -0.25) is 14.5 Å². The number of alkyl halides is 3. The molecular formula is C31H34F3N4O4+. The number of quaternary nitrogens is 1. The number of hydrogen-bond donors (Lipinski definition) is 3. The largest absolute Gasteiger partial charge is 0.573 e. The van der Waals surface area contributed by atoms with Crippen LogP contribution >= 0.6 is 0 Å². The summed E-state index contributed by atoms with van der Waals surface area (Å²) in [5.41, 5.74) is 2.49. The van der Waals surface area contributed by atoms with E-state index in [0.29, 0.717) is 18.2 Å². The van der Waals surface area contributed by atoms with E-state index < -0.39 is 17.7 Å². The van der Waals surface area contributed by atoms with Crippen molar-refractivity contribution in [3.05, 3.63) is 83.8 Å². The van der Waals surface area contributed by atoms with Gasteiger partial charge in [0.25, 0.3) is 5.91 Å². The molecule has 0 aromatic heterocycles. The van der Waals surface area contributed by atoms with Crippen molar-refractivity contribution >= 4 is 23.4 Å². The lowest BCUT2D eigenvalue weighted by Gasteiger charge is -2.36. The topological polar surface area (TPSA) is 95.7 Å². The summed E-state index contributed by atoms with van der Waals surface area (Å²) in [6.45, 7) is 4.34. The molecule has 2 aromatic rings. The number of aliphatic imine (C=N–C) groups is 1. The molecule has 222 valence electrons. The van der Waals surface area contributed by atoms with Crippen molar-refractivity contribution < 1.29 is 37.5 Å². The summed E-state index contributed by atoms with van der Waals surface area (Å²) in [5, 5.41) is 12.3. The second-order valence-corrected chi connectivity index (χ2v) is 11.5. The Morgan fingerprint density at radius 3 is 2.33 bits per heavy atom. The van der Waals surface area contributed by atoms with E-state index in [-0.39, 0.29) is 29.8 Å². The molecule has 1 amide bonds. The Balaban J connectivity index is 1.13. The number of carboxylic acids is 1. The van der Waals surface area contributed by atoms with Crippen molar-refractivity contribution in [1.82, 2.24) is 5.32 Å². The number of amides is 1. The fourth-order valence-corrected chi connectivity index (χ4v) is 5.78. The maximum Gasteiger partial charge on any atom is 0.573 e. The van der Waals surface area contributed by atoms with Gasteiger partial charge < -0.3 is 15.2 Å². The molecular weight excluding hydrogens is 549 g/mol. The molecule has 1 aliphatic carbocycles. The highest BCUT2D eigenvalue weighted by molar-refractivity contribution is 5.99. The van der Waals surface area contributed by atoms with Crippen LogP contribution in [0.15, 0.2) is 77.7 Å². The number of aliphatic carboxylic acids is 1.